The molecule has 2 fully saturated rings. The first-order chi connectivity index (χ1) is 11.2. The lowest BCUT2D eigenvalue weighted by molar-refractivity contribution is -0.134. The van der Waals surface area contributed by atoms with E-state index in [-0.39, 0.29) is 5.54 Å². The average Bonchev–Trinajstić information content (AvgIpc) is 2.87. The molecule has 0 radical (unpaired) electrons. The summed E-state index contributed by atoms with van der Waals surface area (Å²) < 4.78 is 0. The second kappa shape index (κ2) is 6.83. The van der Waals surface area contributed by atoms with Gasteiger partial charge in [0.15, 0.2) is 0 Å². The Labute approximate surface area is 139 Å². The Balaban J connectivity index is 1.86. The summed E-state index contributed by atoms with van der Waals surface area (Å²) in [4.78, 5) is 21.3. The molecule has 1 amide bonds. The molecule has 0 saturated carbocycles. The smallest absolute Gasteiger partial charge is 0.223 e. The zero-order chi connectivity index (χ0) is 16.3. The molecule has 0 aromatic carbocycles. The molecule has 0 aliphatic carbocycles. The fourth-order valence-corrected chi connectivity index (χ4v) is 4.66. The van der Waals surface area contributed by atoms with E-state index in [2.05, 4.69) is 34.4 Å². The third-order valence-electron chi connectivity index (χ3n) is 5.53. The van der Waals surface area contributed by atoms with Gasteiger partial charge in [0.2, 0.25) is 5.91 Å². The van der Waals surface area contributed by atoms with E-state index in [1.54, 1.807) is 0 Å². The fraction of sp³-hybridized carbons (Fsp3) is 0.579. The van der Waals surface area contributed by atoms with Crippen LogP contribution in [-0.2, 0) is 11.3 Å². The Morgan fingerprint density at radius 1 is 1.48 bits per heavy atom. The lowest BCUT2D eigenvalue weighted by Crippen LogP contribution is -2.62. The molecule has 124 valence electrons. The van der Waals surface area contributed by atoms with E-state index in [9.17, 15) is 4.79 Å². The van der Waals surface area contributed by atoms with Crippen LogP contribution in [0.1, 0.15) is 44.6 Å². The maximum Gasteiger partial charge on any atom is 0.223 e. The van der Waals surface area contributed by atoms with Gasteiger partial charge in [0.25, 0.3) is 0 Å². The second-order valence-corrected chi connectivity index (χ2v) is 6.76. The van der Waals surface area contributed by atoms with E-state index in [1.165, 1.54) is 5.56 Å². The van der Waals surface area contributed by atoms with Crippen LogP contribution in [0.3, 0.4) is 0 Å². The van der Waals surface area contributed by atoms with Gasteiger partial charge in [-0.05, 0) is 43.9 Å². The predicted octanol–water partition coefficient (Wildman–Crippen LogP) is 3.00. The molecule has 1 spiro atoms. The van der Waals surface area contributed by atoms with E-state index < -0.39 is 0 Å². The van der Waals surface area contributed by atoms with Crippen molar-refractivity contribution >= 4 is 5.91 Å². The predicted molar refractivity (Wildman–Crippen MR) is 91.8 cm³/mol. The minimum atomic E-state index is 0.000478. The van der Waals surface area contributed by atoms with Gasteiger partial charge < -0.3 is 4.90 Å². The molecule has 0 N–H and O–H groups in total. The highest BCUT2D eigenvalue weighted by Gasteiger charge is 2.52. The first kappa shape index (κ1) is 16.2. The summed E-state index contributed by atoms with van der Waals surface area (Å²) in [6, 6.07) is 4.56. The highest BCUT2D eigenvalue weighted by Crippen LogP contribution is 2.43. The van der Waals surface area contributed by atoms with Crippen LogP contribution in [0.15, 0.2) is 37.2 Å². The van der Waals surface area contributed by atoms with E-state index in [0.717, 1.165) is 38.8 Å². The van der Waals surface area contributed by atoms with E-state index in [4.69, 9.17) is 0 Å². The van der Waals surface area contributed by atoms with Crippen LogP contribution in [0.25, 0.3) is 0 Å². The zero-order valence-electron chi connectivity index (χ0n) is 14.1. The second-order valence-electron chi connectivity index (χ2n) is 6.76. The van der Waals surface area contributed by atoms with Gasteiger partial charge in [0.05, 0.1) is 5.54 Å². The summed E-state index contributed by atoms with van der Waals surface area (Å²) in [6.07, 6.45) is 10.7. The highest BCUT2D eigenvalue weighted by molar-refractivity contribution is 5.80. The van der Waals surface area contributed by atoms with Gasteiger partial charge in [-0.3, -0.25) is 14.7 Å². The Morgan fingerprint density at radius 2 is 2.35 bits per heavy atom. The Bertz CT molecular complexity index is 559. The summed E-state index contributed by atoms with van der Waals surface area (Å²) in [5, 5.41) is 0. The van der Waals surface area contributed by atoms with Gasteiger partial charge in [-0.15, -0.1) is 6.58 Å². The van der Waals surface area contributed by atoms with E-state index in [1.807, 2.05) is 24.5 Å². The van der Waals surface area contributed by atoms with Gasteiger partial charge >= 0.3 is 0 Å². The molecule has 0 bridgehead atoms. The lowest BCUT2D eigenvalue weighted by Gasteiger charge is -2.52. The summed E-state index contributed by atoms with van der Waals surface area (Å²) in [5.41, 5.74) is 1.25. The fourth-order valence-electron chi connectivity index (χ4n) is 4.66. The summed E-state index contributed by atoms with van der Waals surface area (Å²) in [6.45, 7) is 8.81. The Morgan fingerprint density at radius 3 is 3.04 bits per heavy atom. The van der Waals surface area contributed by atoms with Crippen molar-refractivity contribution in [2.24, 2.45) is 0 Å². The molecule has 23 heavy (non-hydrogen) atoms. The molecule has 4 nitrogen and oxygen atoms in total. The topological polar surface area (TPSA) is 36.4 Å². The summed E-state index contributed by atoms with van der Waals surface area (Å²) in [5.74, 6) is 0.298. The molecular formula is C19H27N3O. The Kier molecular flexibility index (Phi) is 4.81. The average molecular weight is 313 g/mol. The summed E-state index contributed by atoms with van der Waals surface area (Å²) in [7, 11) is 0. The molecule has 3 rings (SSSR count). The molecule has 2 saturated heterocycles. The number of aromatic nitrogens is 1. The molecular weight excluding hydrogens is 286 g/mol. The SMILES string of the molecule is C=CCN1C(=O)CC[C@]12CCCN(Cc1cccnc1)[C@H]2CC. The highest BCUT2D eigenvalue weighted by atomic mass is 16.2. The van der Waals surface area contributed by atoms with Crippen LogP contribution in [0.4, 0.5) is 0 Å². The van der Waals surface area contributed by atoms with Gasteiger partial charge in [-0.1, -0.05) is 19.1 Å². The molecule has 4 heteroatoms. The van der Waals surface area contributed by atoms with Crippen molar-refractivity contribution in [2.75, 3.05) is 13.1 Å². The number of hydrogen-bond donors (Lipinski definition) is 0. The number of carbonyl (C=O) groups excluding carboxylic acids is 1. The van der Waals surface area contributed by atoms with Crippen LogP contribution in [-0.4, -0.2) is 45.4 Å². The number of nitrogens with zero attached hydrogens (tertiary/aromatic N) is 3. The number of pyridine rings is 1. The maximum atomic E-state index is 12.4. The van der Waals surface area contributed by atoms with Gasteiger partial charge in [0.1, 0.15) is 0 Å². The number of carbonyl (C=O) groups is 1. The van der Waals surface area contributed by atoms with Crippen molar-refractivity contribution in [1.82, 2.24) is 14.8 Å². The molecule has 2 atom stereocenters. The number of amides is 1. The molecule has 1 aromatic heterocycles. The van der Waals surface area contributed by atoms with E-state index >= 15 is 0 Å². The zero-order valence-corrected chi connectivity index (χ0v) is 14.1. The van der Waals surface area contributed by atoms with Crippen LogP contribution in [0, 0.1) is 0 Å². The third kappa shape index (κ3) is 2.92. The first-order valence-corrected chi connectivity index (χ1v) is 8.75. The number of piperidine rings is 1. The van der Waals surface area contributed by atoms with Crippen molar-refractivity contribution in [3.63, 3.8) is 0 Å². The van der Waals surface area contributed by atoms with Crippen molar-refractivity contribution in [1.29, 1.82) is 0 Å². The lowest BCUT2D eigenvalue weighted by atomic mass is 9.77. The molecule has 2 aliphatic heterocycles. The first-order valence-electron chi connectivity index (χ1n) is 8.75. The van der Waals surface area contributed by atoms with E-state index in [0.29, 0.717) is 24.9 Å². The quantitative estimate of drug-likeness (QED) is 0.784. The molecule has 1 aromatic rings. The molecule has 0 unspecified atom stereocenters. The standard InChI is InChI=1S/C19H27N3O/c1-3-12-22-18(23)8-10-19(22)9-6-13-21(17(19)4-2)15-16-7-5-11-20-14-16/h3,5,7,11,14,17H,1,4,6,8-10,12-13,15H2,2H3/t17-,19-/m0/s1. The normalized spacial score (nSPS) is 28.5. The number of hydrogen-bond acceptors (Lipinski definition) is 3. The minimum Gasteiger partial charge on any atom is -0.332 e. The van der Waals surface area contributed by atoms with Crippen LogP contribution in [0.5, 0.6) is 0 Å². The van der Waals surface area contributed by atoms with Crippen LogP contribution in [0.2, 0.25) is 0 Å². The molecule has 2 aliphatic rings. The monoisotopic (exact) mass is 313 g/mol. The minimum absolute atomic E-state index is 0.000478. The van der Waals surface area contributed by atoms with Crippen LogP contribution >= 0.6 is 0 Å². The van der Waals surface area contributed by atoms with Crippen molar-refractivity contribution < 1.29 is 4.79 Å². The number of rotatable bonds is 5. The van der Waals surface area contributed by atoms with Crippen molar-refractivity contribution in [3.8, 4) is 0 Å². The third-order valence-corrected chi connectivity index (χ3v) is 5.53. The Hall–Kier alpha value is -1.68. The van der Waals surface area contributed by atoms with Gasteiger partial charge in [-0.25, -0.2) is 0 Å². The van der Waals surface area contributed by atoms with Gasteiger partial charge in [-0.2, -0.15) is 0 Å². The van der Waals surface area contributed by atoms with Crippen molar-refractivity contribution in [3.05, 3.63) is 42.7 Å². The number of likely N-dealkylation sites (tertiary alicyclic amines) is 2. The maximum absolute atomic E-state index is 12.4. The van der Waals surface area contributed by atoms with Crippen LogP contribution < -0.4 is 0 Å². The summed E-state index contributed by atoms with van der Waals surface area (Å²) >= 11 is 0. The molecule has 3 heterocycles. The van der Waals surface area contributed by atoms with Crippen molar-refractivity contribution in [2.45, 2.75) is 57.2 Å². The van der Waals surface area contributed by atoms with Gasteiger partial charge in [0, 0.05) is 37.9 Å². The largest absolute Gasteiger partial charge is 0.332 e.